The lowest BCUT2D eigenvalue weighted by Crippen LogP contribution is -2.45. The molecule has 34 heavy (non-hydrogen) atoms. The molecule has 2 aromatic carbocycles. The number of carbonyl (C=O) groups excluding carboxylic acids is 1. The summed E-state index contributed by atoms with van der Waals surface area (Å²) in [6.07, 6.45) is 0.311. The maximum Gasteiger partial charge on any atom is 0.224 e. The van der Waals surface area contributed by atoms with Crippen molar-refractivity contribution in [3.63, 3.8) is 0 Å². The minimum absolute atomic E-state index is 0.0538. The smallest absolute Gasteiger partial charge is 0.224 e. The number of carbonyl (C=O) groups is 1. The minimum Gasteiger partial charge on any atom is -0.372 e. The first-order valence-electron chi connectivity index (χ1n) is 11.5. The zero-order chi connectivity index (χ0) is 24.4. The first-order chi connectivity index (χ1) is 16.2. The van der Waals surface area contributed by atoms with E-state index in [0.717, 1.165) is 22.6 Å². The first kappa shape index (κ1) is 24.2. The van der Waals surface area contributed by atoms with E-state index in [1.165, 1.54) is 6.07 Å². The highest BCUT2D eigenvalue weighted by Gasteiger charge is 2.24. The van der Waals surface area contributed by atoms with E-state index in [9.17, 15) is 9.18 Å². The lowest BCUT2D eigenvalue weighted by Gasteiger charge is -2.37. The Balaban J connectivity index is 1.39. The van der Waals surface area contributed by atoms with Gasteiger partial charge in [-0.3, -0.25) is 4.79 Å². The van der Waals surface area contributed by atoms with Crippen molar-refractivity contribution in [3.05, 3.63) is 75.8 Å². The third kappa shape index (κ3) is 5.42. The summed E-state index contributed by atoms with van der Waals surface area (Å²) in [5.41, 5.74) is 4.75. The van der Waals surface area contributed by atoms with Gasteiger partial charge in [0.25, 0.3) is 0 Å². The van der Waals surface area contributed by atoms with Gasteiger partial charge in [-0.25, -0.2) is 9.07 Å². The van der Waals surface area contributed by atoms with E-state index in [2.05, 4.69) is 10.4 Å². The van der Waals surface area contributed by atoms with E-state index in [-0.39, 0.29) is 36.9 Å². The Hall–Kier alpha value is -2.90. The molecule has 0 aliphatic carbocycles. The molecule has 1 aromatic heterocycles. The zero-order valence-corrected chi connectivity index (χ0v) is 20.7. The molecule has 1 N–H and O–H groups in total. The molecule has 2 heterocycles. The predicted octanol–water partition coefficient (Wildman–Crippen LogP) is 4.75. The minimum atomic E-state index is -0.288. The molecular weight excluding hydrogens is 455 g/mol. The topological polar surface area (TPSA) is 59.4 Å². The van der Waals surface area contributed by atoms with Gasteiger partial charge in [-0.1, -0.05) is 17.7 Å². The third-order valence-corrected chi connectivity index (χ3v) is 6.36. The van der Waals surface area contributed by atoms with Crippen LogP contribution in [0.4, 0.5) is 10.1 Å². The number of anilines is 1. The second kappa shape index (κ2) is 10.2. The van der Waals surface area contributed by atoms with Gasteiger partial charge in [0.05, 0.1) is 35.7 Å². The van der Waals surface area contributed by atoms with Gasteiger partial charge in [0.2, 0.25) is 5.91 Å². The lowest BCUT2D eigenvalue weighted by molar-refractivity contribution is -0.120. The summed E-state index contributed by atoms with van der Waals surface area (Å²) >= 11 is 5.99. The number of hydrogen-bond acceptors (Lipinski definition) is 4. The maximum atomic E-state index is 14.8. The monoisotopic (exact) mass is 484 g/mol. The third-order valence-electron chi connectivity index (χ3n) is 6.11. The number of aryl methyl sites for hydroxylation is 1. The SMILES string of the molecule is Cc1nn(-c2ccc(Cl)cc2)c(C)c1CC(=O)NCc1ccc(N2CC(C)OC(C)C2)c(F)c1. The molecule has 1 saturated heterocycles. The number of aromatic nitrogens is 2. The van der Waals surface area contributed by atoms with Gasteiger partial charge in [0.1, 0.15) is 5.82 Å². The summed E-state index contributed by atoms with van der Waals surface area (Å²) in [5.74, 6) is -0.425. The molecule has 3 aromatic rings. The van der Waals surface area contributed by atoms with E-state index in [1.807, 2.05) is 67.6 Å². The van der Waals surface area contributed by atoms with E-state index < -0.39 is 0 Å². The summed E-state index contributed by atoms with van der Waals surface area (Å²) < 4.78 is 22.4. The van der Waals surface area contributed by atoms with E-state index in [1.54, 1.807) is 6.07 Å². The highest BCUT2D eigenvalue weighted by molar-refractivity contribution is 6.30. The average Bonchev–Trinajstić information content (AvgIpc) is 3.06. The van der Waals surface area contributed by atoms with E-state index in [4.69, 9.17) is 16.3 Å². The largest absolute Gasteiger partial charge is 0.372 e. The number of nitrogens with zero attached hydrogens (tertiary/aromatic N) is 3. The van der Waals surface area contributed by atoms with Crippen molar-refractivity contribution >= 4 is 23.2 Å². The maximum absolute atomic E-state index is 14.8. The number of halogens is 2. The zero-order valence-electron chi connectivity index (χ0n) is 19.9. The van der Waals surface area contributed by atoms with Crippen LogP contribution < -0.4 is 10.2 Å². The fourth-order valence-electron chi connectivity index (χ4n) is 4.48. The molecule has 0 radical (unpaired) electrons. The van der Waals surface area contributed by atoms with Crippen molar-refractivity contribution in [1.29, 1.82) is 0 Å². The van der Waals surface area contributed by atoms with Gasteiger partial charge >= 0.3 is 0 Å². The van der Waals surface area contributed by atoms with Crippen molar-refractivity contribution in [3.8, 4) is 5.69 Å². The van der Waals surface area contributed by atoms with Crippen molar-refractivity contribution in [2.75, 3.05) is 18.0 Å². The molecule has 180 valence electrons. The Morgan fingerprint density at radius 2 is 1.82 bits per heavy atom. The number of benzene rings is 2. The van der Waals surface area contributed by atoms with Gasteiger partial charge in [-0.05, 0) is 69.7 Å². The van der Waals surface area contributed by atoms with Crippen LogP contribution in [0.5, 0.6) is 0 Å². The van der Waals surface area contributed by atoms with Crippen molar-refractivity contribution < 1.29 is 13.9 Å². The van der Waals surface area contributed by atoms with E-state index >= 15 is 0 Å². The van der Waals surface area contributed by atoms with Crippen LogP contribution in [0.1, 0.15) is 36.4 Å². The number of hydrogen-bond donors (Lipinski definition) is 1. The van der Waals surface area contributed by atoms with Crippen molar-refractivity contribution in [1.82, 2.24) is 15.1 Å². The lowest BCUT2D eigenvalue weighted by atomic mass is 10.1. The molecule has 0 spiro atoms. The van der Waals surface area contributed by atoms with Gasteiger partial charge in [-0.2, -0.15) is 5.10 Å². The van der Waals surface area contributed by atoms with Crippen LogP contribution in [-0.2, 0) is 22.5 Å². The number of amides is 1. The molecule has 4 rings (SSSR count). The molecule has 0 bridgehead atoms. The molecule has 2 unspecified atom stereocenters. The number of ether oxygens (including phenoxy) is 1. The second-order valence-corrected chi connectivity index (χ2v) is 9.38. The Morgan fingerprint density at radius 3 is 2.47 bits per heavy atom. The molecule has 6 nitrogen and oxygen atoms in total. The van der Waals surface area contributed by atoms with Gasteiger partial charge < -0.3 is 15.0 Å². The van der Waals surface area contributed by atoms with Crippen LogP contribution in [0.25, 0.3) is 5.69 Å². The van der Waals surface area contributed by atoms with Crippen LogP contribution in [0.2, 0.25) is 5.02 Å². The summed E-state index contributed by atoms with van der Waals surface area (Å²) in [5, 5.41) is 8.15. The van der Waals surface area contributed by atoms with Crippen LogP contribution >= 0.6 is 11.6 Å². The number of rotatable bonds is 6. The highest BCUT2D eigenvalue weighted by atomic mass is 35.5. The summed E-state index contributed by atoms with van der Waals surface area (Å²) in [6, 6.07) is 12.5. The average molecular weight is 485 g/mol. The highest BCUT2D eigenvalue weighted by Crippen LogP contribution is 2.25. The standard InChI is InChI=1S/C26H30ClFN4O2/c1-16-14-31(15-17(2)34-16)25-10-5-20(11-24(25)28)13-29-26(33)12-23-18(3)30-32(19(23)4)22-8-6-21(27)7-9-22/h5-11,16-17H,12-15H2,1-4H3,(H,29,33). The Bertz CT molecular complexity index is 1170. The molecule has 1 amide bonds. The quantitative estimate of drug-likeness (QED) is 0.548. The van der Waals surface area contributed by atoms with Crippen LogP contribution in [-0.4, -0.2) is 41.0 Å². The Morgan fingerprint density at radius 1 is 1.15 bits per heavy atom. The number of morpholine rings is 1. The molecular formula is C26H30ClFN4O2. The van der Waals surface area contributed by atoms with Crippen LogP contribution in [0.15, 0.2) is 42.5 Å². The fourth-order valence-corrected chi connectivity index (χ4v) is 4.61. The van der Waals surface area contributed by atoms with Gasteiger partial charge in [-0.15, -0.1) is 0 Å². The van der Waals surface area contributed by atoms with E-state index in [0.29, 0.717) is 29.4 Å². The normalized spacial score (nSPS) is 18.2. The molecule has 1 fully saturated rings. The predicted molar refractivity (Wildman–Crippen MR) is 132 cm³/mol. The molecule has 0 saturated carbocycles. The van der Waals surface area contributed by atoms with Crippen LogP contribution in [0, 0.1) is 19.7 Å². The Kier molecular flexibility index (Phi) is 7.24. The second-order valence-electron chi connectivity index (χ2n) is 8.94. The first-order valence-corrected chi connectivity index (χ1v) is 11.9. The van der Waals surface area contributed by atoms with Crippen molar-refractivity contribution in [2.45, 2.75) is 52.9 Å². The molecule has 8 heteroatoms. The Labute approximate surface area is 204 Å². The fraction of sp³-hybridized carbons (Fsp3) is 0.385. The van der Waals surface area contributed by atoms with Gasteiger partial charge in [0.15, 0.2) is 0 Å². The number of nitrogens with one attached hydrogen (secondary N) is 1. The summed E-state index contributed by atoms with van der Waals surface area (Å²) in [6.45, 7) is 9.39. The molecule has 1 aliphatic rings. The van der Waals surface area contributed by atoms with Crippen molar-refractivity contribution in [2.24, 2.45) is 0 Å². The summed E-state index contributed by atoms with van der Waals surface area (Å²) in [4.78, 5) is 14.7. The molecule has 1 aliphatic heterocycles. The summed E-state index contributed by atoms with van der Waals surface area (Å²) in [7, 11) is 0. The van der Waals surface area contributed by atoms with Crippen LogP contribution in [0.3, 0.4) is 0 Å². The van der Waals surface area contributed by atoms with Gasteiger partial charge in [0, 0.05) is 35.9 Å². The molecule has 2 atom stereocenters.